The van der Waals surface area contributed by atoms with Crippen LogP contribution in [0.15, 0.2) is 23.0 Å². The fourth-order valence-electron chi connectivity index (χ4n) is 2.64. The average molecular weight is 323 g/mol. The molecule has 0 aliphatic rings. The van der Waals surface area contributed by atoms with Crippen LogP contribution in [0.4, 0.5) is 0 Å². The minimum atomic E-state index is -0.515. The Bertz CT molecular complexity index is 889. The van der Waals surface area contributed by atoms with Crippen LogP contribution in [-0.4, -0.2) is 15.6 Å². The second-order valence-electron chi connectivity index (χ2n) is 5.78. The minimum absolute atomic E-state index is 0.0494. The second-order valence-corrected chi connectivity index (χ2v) is 5.78. The van der Waals surface area contributed by atoms with Gasteiger partial charge in [-0.05, 0) is 49.4 Å². The third-order valence-corrected chi connectivity index (χ3v) is 4.31. The molecule has 0 aliphatic heterocycles. The molecule has 0 aliphatic carbocycles. The lowest BCUT2D eigenvalue weighted by Gasteiger charge is -2.11. The standard InChI is InChI=1S/C19H21N3O2/c1-5-14-7-8-15(6-2)16(9-14)18(23)11-22-19(24)17(10-20)12(3)13(4)21-22/h7-9H,5-6,11H2,1-4H3. The van der Waals surface area contributed by atoms with E-state index in [1.807, 2.05) is 38.1 Å². The van der Waals surface area contributed by atoms with E-state index in [0.29, 0.717) is 16.8 Å². The molecule has 1 aromatic heterocycles. The van der Waals surface area contributed by atoms with E-state index in [4.69, 9.17) is 0 Å². The number of aryl methyl sites for hydroxylation is 3. The summed E-state index contributed by atoms with van der Waals surface area (Å²) in [7, 11) is 0. The molecule has 0 unspecified atom stereocenters. The number of nitrogens with zero attached hydrogens (tertiary/aromatic N) is 3. The summed E-state index contributed by atoms with van der Waals surface area (Å²) in [5.74, 6) is -0.163. The molecule has 1 aromatic carbocycles. The number of nitriles is 1. The SMILES string of the molecule is CCc1ccc(CC)c(C(=O)Cn2nc(C)c(C)c(C#N)c2=O)c1. The summed E-state index contributed by atoms with van der Waals surface area (Å²) in [6, 6.07) is 7.78. The number of Topliss-reactive ketones (excluding diaryl/α,β-unsaturated/α-hetero) is 1. The van der Waals surface area contributed by atoms with Gasteiger partial charge in [0.15, 0.2) is 5.78 Å². The minimum Gasteiger partial charge on any atom is -0.292 e. The van der Waals surface area contributed by atoms with Crippen molar-refractivity contribution >= 4 is 5.78 Å². The van der Waals surface area contributed by atoms with Gasteiger partial charge < -0.3 is 0 Å². The summed E-state index contributed by atoms with van der Waals surface area (Å²) in [6.07, 6.45) is 1.58. The molecule has 0 amide bonds. The number of rotatable bonds is 5. The zero-order chi connectivity index (χ0) is 17.9. The van der Waals surface area contributed by atoms with E-state index in [0.717, 1.165) is 28.7 Å². The quantitative estimate of drug-likeness (QED) is 0.793. The zero-order valence-electron chi connectivity index (χ0n) is 14.5. The molecule has 124 valence electrons. The van der Waals surface area contributed by atoms with E-state index in [-0.39, 0.29) is 17.9 Å². The van der Waals surface area contributed by atoms with Gasteiger partial charge in [-0.2, -0.15) is 10.4 Å². The lowest BCUT2D eigenvalue weighted by molar-refractivity contribution is 0.0964. The zero-order valence-corrected chi connectivity index (χ0v) is 14.5. The molecule has 0 radical (unpaired) electrons. The topological polar surface area (TPSA) is 75.8 Å². The predicted molar refractivity (Wildman–Crippen MR) is 92.2 cm³/mol. The first-order chi connectivity index (χ1) is 11.4. The summed E-state index contributed by atoms with van der Waals surface area (Å²) in [5, 5.41) is 13.4. The van der Waals surface area contributed by atoms with Gasteiger partial charge in [0, 0.05) is 5.56 Å². The maximum absolute atomic E-state index is 12.7. The van der Waals surface area contributed by atoms with E-state index < -0.39 is 5.56 Å². The van der Waals surface area contributed by atoms with Gasteiger partial charge in [0.1, 0.15) is 18.2 Å². The first-order valence-electron chi connectivity index (χ1n) is 8.06. The molecule has 5 heteroatoms. The Kier molecular flexibility index (Phi) is 5.30. The number of aromatic nitrogens is 2. The van der Waals surface area contributed by atoms with E-state index in [2.05, 4.69) is 5.10 Å². The Morgan fingerprint density at radius 1 is 1.25 bits per heavy atom. The Hall–Kier alpha value is -2.74. The summed E-state index contributed by atoms with van der Waals surface area (Å²) in [6.45, 7) is 7.28. The Balaban J connectivity index is 2.47. The van der Waals surface area contributed by atoms with E-state index in [1.165, 1.54) is 0 Å². The first-order valence-corrected chi connectivity index (χ1v) is 8.06. The van der Waals surface area contributed by atoms with Crippen molar-refractivity contribution in [3.05, 3.63) is 62.1 Å². The van der Waals surface area contributed by atoms with E-state index in [1.54, 1.807) is 13.8 Å². The smallest absolute Gasteiger partial charge is 0.285 e. The summed E-state index contributed by atoms with van der Waals surface area (Å²) in [5.41, 5.74) is 3.34. The average Bonchev–Trinajstić information content (AvgIpc) is 2.59. The van der Waals surface area contributed by atoms with Crippen molar-refractivity contribution in [2.45, 2.75) is 47.1 Å². The number of hydrogen-bond donors (Lipinski definition) is 0. The maximum atomic E-state index is 12.7. The van der Waals surface area contributed by atoms with Crippen molar-refractivity contribution in [3.63, 3.8) is 0 Å². The number of hydrogen-bond acceptors (Lipinski definition) is 4. The van der Waals surface area contributed by atoms with Crippen LogP contribution in [-0.2, 0) is 19.4 Å². The van der Waals surface area contributed by atoms with Crippen LogP contribution in [0.3, 0.4) is 0 Å². The summed E-state index contributed by atoms with van der Waals surface area (Å²) < 4.78 is 1.10. The number of carbonyl (C=O) groups excluding carboxylic acids is 1. The highest BCUT2D eigenvalue weighted by atomic mass is 16.1. The molecule has 0 N–H and O–H groups in total. The van der Waals surface area contributed by atoms with Gasteiger partial charge in [0.05, 0.1) is 5.69 Å². The van der Waals surface area contributed by atoms with Crippen molar-refractivity contribution in [1.29, 1.82) is 5.26 Å². The van der Waals surface area contributed by atoms with Crippen LogP contribution in [0.2, 0.25) is 0 Å². The van der Waals surface area contributed by atoms with Gasteiger partial charge in [-0.3, -0.25) is 9.59 Å². The van der Waals surface area contributed by atoms with Crippen molar-refractivity contribution < 1.29 is 4.79 Å². The molecular formula is C19H21N3O2. The highest BCUT2D eigenvalue weighted by Gasteiger charge is 2.17. The van der Waals surface area contributed by atoms with Gasteiger partial charge in [-0.1, -0.05) is 26.0 Å². The lowest BCUT2D eigenvalue weighted by Crippen LogP contribution is -2.30. The molecule has 2 aromatic rings. The predicted octanol–water partition coefficient (Wildman–Crippen LogP) is 2.74. The van der Waals surface area contributed by atoms with Crippen molar-refractivity contribution in [3.8, 4) is 6.07 Å². The highest BCUT2D eigenvalue weighted by molar-refractivity contribution is 5.97. The third-order valence-electron chi connectivity index (χ3n) is 4.31. The monoisotopic (exact) mass is 323 g/mol. The van der Waals surface area contributed by atoms with Gasteiger partial charge >= 0.3 is 0 Å². The van der Waals surface area contributed by atoms with Gasteiger partial charge in [-0.15, -0.1) is 0 Å². The highest BCUT2D eigenvalue weighted by Crippen LogP contribution is 2.15. The van der Waals surface area contributed by atoms with E-state index >= 15 is 0 Å². The molecule has 0 atom stereocenters. The van der Waals surface area contributed by atoms with Crippen molar-refractivity contribution in [1.82, 2.24) is 9.78 Å². The lowest BCUT2D eigenvalue weighted by atomic mass is 9.97. The molecule has 1 heterocycles. The molecule has 0 saturated heterocycles. The molecular weight excluding hydrogens is 302 g/mol. The Labute approximate surface area is 141 Å². The van der Waals surface area contributed by atoms with Crippen molar-refractivity contribution in [2.24, 2.45) is 0 Å². The molecule has 0 bridgehead atoms. The fourth-order valence-corrected chi connectivity index (χ4v) is 2.64. The van der Waals surface area contributed by atoms with Gasteiger partial charge in [-0.25, -0.2) is 4.68 Å². The van der Waals surface area contributed by atoms with Gasteiger partial charge in [0.2, 0.25) is 0 Å². The summed E-state index contributed by atoms with van der Waals surface area (Å²) in [4.78, 5) is 25.1. The molecule has 0 fully saturated rings. The van der Waals surface area contributed by atoms with Crippen molar-refractivity contribution in [2.75, 3.05) is 0 Å². The first kappa shape index (κ1) is 17.6. The Morgan fingerprint density at radius 2 is 1.96 bits per heavy atom. The largest absolute Gasteiger partial charge is 0.292 e. The number of ketones is 1. The number of benzene rings is 1. The fraction of sp³-hybridized carbons (Fsp3) is 0.368. The van der Waals surface area contributed by atoms with Crippen LogP contribution in [0.1, 0.15) is 52.2 Å². The molecule has 2 rings (SSSR count). The van der Waals surface area contributed by atoms with E-state index in [9.17, 15) is 14.9 Å². The molecule has 0 saturated carbocycles. The molecule has 24 heavy (non-hydrogen) atoms. The normalized spacial score (nSPS) is 10.5. The third kappa shape index (κ3) is 3.28. The van der Waals surface area contributed by atoms with Crippen LogP contribution in [0.5, 0.6) is 0 Å². The summed E-state index contributed by atoms with van der Waals surface area (Å²) >= 11 is 0. The van der Waals surface area contributed by atoms with Crippen LogP contribution < -0.4 is 5.56 Å². The number of carbonyl (C=O) groups is 1. The maximum Gasteiger partial charge on any atom is 0.285 e. The van der Waals surface area contributed by atoms with Gasteiger partial charge in [0.25, 0.3) is 5.56 Å². The molecule has 5 nitrogen and oxygen atoms in total. The van der Waals surface area contributed by atoms with Crippen LogP contribution in [0, 0.1) is 25.2 Å². The Morgan fingerprint density at radius 3 is 2.54 bits per heavy atom. The molecule has 0 spiro atoms. The second kappa shape index (κ2) is 7.22. The van der Waals surface area contributed by atoms with Crippen LogP contribution >= 0.6 is 0 Å². The van der Waals surface area contributed by atoms with Crippen LogP contribution in [0.25, 0.3) is 0 Å².